The lowest BCUT2D eigenvalue weighted by molar-refractivity contribution is 0.0920. The fourth-order valence-corrected chi connectivity index (χ4v) is 1.05. The Hall–Kier alpha value is -1.03. The Labute approximate surface area is 88.0 Å². The summed E-state index contributed by atoms with van der Waals surface area (Å²) in [6, 6.07) is 0. The molecule has 0 saturated carbocycles. The van der Waals surface area contributed by atoms with Gasteiger partial charge >= 0.3 is 0 Å². The van der Waals surface area contributed by atoms with Crippen LogP contribution in [-0.2, 0) is 0 Å². The van der Waals surface area contributed by atoms with Gasteiger partial charge in [0.1, 0.15) is 0 Å². The molecule has 0 aliphatic rings. The van der Waals surface area contributed by atoms with Gasteiger partial charge in [-0.15, -0.1) is 11.6 Å². The van der Waals surface area contributed by atoms with Gasteiger partial charge in [0, 0.05) is 17.1 Å². The second-order valence-electron chi connectivity index (χ2n) is 3.88. The minimum Gasteiger partial charge on any atom is -0.346 e. The van der Waals surface area contributed by atoms with E-state index in [9.17, 15) is 4.79 Å². The van der Waals surface area contributed by atoms with Crippen molar-refractivity contribution in [3.63, 3.8) is 0 Å². The number of aromatic nitrogens is 2. The van der Waals surface area contributed by atoms with Crippen molar-refractivity contribution in [2.75, 3.05) is 5.88 Å². The zero-order valence-electron chi connectivity index (χ0n) is 8.52. The van der Waals surface area contributed by atoms with E-state index >= 15 is 0 Å². The predicted octanol–water partition coefficient (Wildman–Crippen LogP) is 1.47. The number of alkyl halides is 1. The maximum absolute atomic E-state index is 11.7. The summed E-state index contributed by atoms with van der Waals surface area (Å²) in [4.78, 5) is 11.7. The first kappa shape index (κ1) is 11.0. The van der Waals surface area contributed by atoms with Crippen LogP contribution >= 0.6 is 11.6 Å². The van der Waals surface area contributed by atoms with Crippen LogP contribution in [0.1, 0.15) is 29.9 Å². The van der Waals surface area contributed by atoms with Crippen molar-refractivity contribution < 1.29 is 4.79 Å². The summed E-state index contributed by atoms with van der Waals surface area (Å²) in [5.74, 6) is 0.220. The topological polar surface area (TPSA) is 57.8 Å². The van der Waals surface area contributed by atoms with Gasteiger partial charge in [0.2, 0.25) is 0 Å². The molecule has 0 aromatic carbocycles. The molecule has 0 saturated heterocycles. The van der Waals surface area contributed by atoms with Crippen LogP contribution in [0.2, 0.25) is 0 Å². The lowest BCUT2D eigenvalue weighted by atomic mass is 10.1. The summed E-state index contributed by atoms with van der Waals surface area (Å²) >= 11 is 5.70. The maximum Gasteiger partial charge on any atom is 0.255 e. The van der Waals surface area contributed by atoms with Gasteiger partial charge in [-0.05, 0) is 20.8 Å². The zero-order chi connectivity index (χ0) is 10.8. The number of amides is 1. The molecule has 14 heavy (non-hydrogen) atoms. The second-order valence-corrected chi connectivity index (χ2v) is 4.15. The van der Waals surface area contributed by atoms with E-state index in [2.05, 4.69) is 15.5 Å². The molecular formula is C9H14ClN3O. The molecule has 0 bridgehead atoms. The molecule has 1 heterocycles. The third-order valence-corrected chi connectivity index (χ3v) is 2.53. The molecule has 0 aliphatic carbocycles. The Morgan fingerprint density at radius 2 is 2.36 bits per heavy atom. The first-order valence-electron chi connectivity index (χ1n) is 4.35. The Morgan fingerprint density at radius 1 is 1.71 bits per heavy atom. The number of H-pyrrole nitrogens is 1. The third kappa shape index (κ3) is 2.48. The monoisotopic (exact) mass is 215 g/mol. The van der Waals surface area contributed by atoms with Gasteiger partial charge in [0.15, 0.2) is 0 Å². The summed E-state index contributed by atoms with van der Waals surface area (Å²) in [6.07, 6.45) is 1.51. The Balaban J connectivity index is 2.73. The molecular weight excluding hydrogens is 202 g/mol. The largest absolute Gasteiger partial charge is 0.346 e. The predicted molar refractivity (Wildman–Crippen MR) is 55.6 cm³/mol. The van der Waals surface area contributed by atoms with E-state index in [1.54, 1.807) is 6.92 Å². The van der Waals surface area contributed by atoms with Crippen LogP contribution in [0, 0.1) is 6.92 Å². The first-order valence-corrected chi connectivity index (χ1v) is 4.88. The molecule has 1 aromatic heterocycles. The molecule has 0 fully saturated rings. The number of aryl methyl sites for hydroxylation is 1. The van der Waals surface area contributed by atoms with E-state index in [0.717, 1.165) is 5.69 Å². The number of carbonyl (C=O) groups excluding carboxylic acids is 1. The summed E-state index contributed by atoms with van der Waals surface area (Å²) in [5.41, 5.74) is 0.915. The van der Waals surface area contributed by atoms with Crippen LogP contribution < -0.4 is 5.32 Å². The Morgan fingerprint density at radius 3 is 2.79 bits per heavy atom. The smallest absolute Gasteiger partial charge is 0.255 e. The molecule has 0 aliphatic heterocycles. The van der Waals surface area contributed by atoms with Crippen molar-refractivity contribution in [2.45, 2.75) is 26.3 Å². The minimum atomic E-state index is -0.400. The zero-order valence-corrected chi connectivity index (χ0v) is 9.27. The number of hydrogen-bond donors (Lipinski definition) is 2. The van der Waals surface area contributed by atoms with Crippen LogP contribution in [0.15, 0.2) is 6.20 Å². The van der Waals surface area contributed by atoms with E-state index in [-0.39, 0.29) is 5.91 Å². The average Bonchev–Trinajstić information content (AvgIpc) is 2.51. The number of rotatable bonds is 3. The van der Waals surface area contributed by atoms with Crippen molar-refractivity contribution in [3.05, 3.63) is 17.5 Å². The molecule has 4 nitrogen and oxygen atoms in total. The first-order chi connectivity index (χ1) is 6.46. The molecule has 0 radical (unpaired) electrons. The van der Waals surface area contributed by atoms with Crippen LogP contribution in [0.5, 0.6) is 0 Å². The highest BCUT2D eigenvalue weighted by Crippen LogP contribution is 2.08. The van der Waals surface area contributed by atoms with Gasteiger partial charge in [-0.2, -0.15) is 5.10 Å². The number of nitrogens with one attached hydrogen (secondary N) is 2. The number of hydrogen-bond acceptors (Lipinski definition) is 2. The normalized spacial score (nSPS) is 11.4. The van der Waals surface area contributed by atoms with E-state index in [1.807, 2.05) is 13.8 Å². The summed E-state index contributed by atoms with van der Waals surface area (Å²) in [7, 11) is 0. The highest BCUT2D eigenvalue weighted by atomic mass is 35.5. The molecule has 0 unspecified atom stereocenters. The lowest BCUT2D eigenvalue weighted by Crippen LogP contribution is -2.45. The highest BCUT2D eigenvalue weighted by molar-refractivity contribution is 6.18. The SMILES string of the molecule is Cc1[nH]ncc1C(=O)NC(C)(C)CCl. The fraction of sp³-hybridized carbons (Fsp3) is 0.556. The molecule has 78 valence electrons. The molecule has 2 N–H and O–H groups in total. The molecule has 0 spiro atoms. The van der Waals surface area contributed by atoms with Crippen LogP contribution in [0.4, 0.5) is 0 Å². The number of aromatic amines is 1. The summed E-state index contributed by atoms with van der Waals surface area (Å²) in [6.45, 7) is 5.54. The van der Waals surface area contributed by atoms with Crippen LogP contribution in [-0.4, -0.2) is 27.5 Å². The van der Waals surface area contributed by atoms with E-state index in [1.165, 1.54) is 6.20 Å². The Kier molecular flexibility index (Phi) is 3.16. The van der Waals surface area contributed by atoms with Crippen molar-refractivity contribution in [1.82, 2.24) is 15.5 Å². The molecule has 1 rings (SSSR count). The Bertz CT molecular complexity index is 333. The van der Waals surface area contributed by atoms with Crippen LogP contribution in [0.3, 0.4) is 0 Å². The molecule has 0 atom stereocenters. The highest BCUT2D eigenvalue weighted by Gasteiger charge is 2.21. The van der Waals surface area contributed by atoms with Gasteiger partial charge in [0.05, 0.1) is 11.8 Å². The fourth-order valence-electron chi connectivity index (χ4n) is 0.988. The number of carbonyl (C=O) groups is 1. The quantitative estimate of drug-likeness (QED) is 0.751. The second kappa shape index (κ2) is 4.00. The van der Waals surface area contributed by atoms with Crippen molar-refractivity contribution >= 4 is 17.5 Å². The van der Waals surface area contributed by atoms with Gasteiger partial charge < -0.3 is 5.32 Å². The third-order valence-electron chi connectivity index (χ3n) is 1.86. The minimum absolute atomic E-state index is 0.151. The van der Waals surface area contributed by atoms with Crippen molar-refractivity contribution in [3.8, 4) is 0 Å². The number of nitrogens with zero attached hydrogens (tertiary/aromatic N) is 1. The maximum atomic E-state index is 11.7. The molecule has 5 heteroatoms. The van der Waals surface area contributed by atoms with Crippen molar-refractivity contribution in [1.29, 1.82) is 0 Å². The molecule has 1 aromatic rings. The van der Waals surface area contributed by atoms with Gasteiger partial charge in [-0.1, -0.05) is 0 Å². The average molecular weight is 216 g/mol. The van der Waals surface area contributed by atoms with Crippen molar-refractivity contribution in [2.24, 2.45) is 0 Å². The van der Waals surface area contributed by atoms with E-state index in [4.69, 9.17) is 11.6 Å². The van der Waals surface area contributed by atoms with E-state index in [0.29, 0.717) is 11.4 Å². The van der Waals surface area contributed by atoms with E-state index < -0.39 is 5.54 Å². The number of halogens is 1. The summed E-state index contributed by atoms with van der Waals surface area (Å²) < 4.78 is 0. The molecule has 1 amide bonds. The summed E-state index contributed by atoms with van der Waals surface area (Å²) in [5, 5.41) is 9.31. The van der Waals surface area contributed by atoms with Gasteiger partial charge in [-0.25, -0.2) is 0 Å². The van der Waals surface area contributed by atoms with Gasteiger partial charge in [-0.3, -0.25) is 9.89 Å². The van der Waals surface area contributed by atoms with Gasteiger partial charge in [0.25, 0.3) is 5.91 Å². The standard InChI is InChI=1S/C9H14ClN3O/c1-6-7(4-11-13-6)8(14)12-9(2,3)5-10/h4H,5H2,1-3H3,(H,11,13)(H,12,14). The lowest BCUT2D eigenvalue weighted by Gasteiger charge is -2.22. The van der Waals surface area contributed by atoms with Crippen LogP contribution in [0.25, 0.3) is 0 Å².